The van der Waals surface area contributed by atoms with E-state index in [1.807, 2.05) is 44.2 Å². The van der Waals surface area contributed by atoms with Gasteiger partial charge in [-0.1, -0.05) is 35.5 Å². The zero-order valence-electron chi connectivity index (χ0n) is 11.7. The molecule has 1 aromatic carbocycles. The number of nitrogens with two attached hydrogens (primary N) is 1. The second-order valence-electron chi connectivity index (χ2n) is 4.73. The van der Waals surface area contributed by atoms with Gasteiger partial charge in [-0.3, -0.25) is 4.79 Å². The van der Waals surface area contributed by atoms with E-state index in [1.54, 1.807) is 0 Å². The lowest BCUT2D eigenvalue weighted by molar-refractivity contribution is -0.122. The molecule has 2 rings (SSSR count). The number of carbonyl (C=O) groups is 1. The SMILES string of the molecule is Cc1noc(C)c1CCNC(=O)C(N)c1ccccc1. The number of nitrogens with one attached hydrogen (secondary N) is 1. The summed E-state index contributed by atoms with van der Waals surface area (Å²) in [5.41, 5.74) is 8.63. The van der Waals surface area contributed by atoms with Gasteiger partial charge < -0.3 is 15.6 Å². The molecule has 0 fully saturated rings. The van der Waals surface area contributed by atoms with Crippen LogP contribution in [0.1, 0.15) is 28.6 Å². The van der Waals surface area contributed by atoms with Crippen LogP contribution in [0.15, 0.2) is 34.9 Å². The maximum Gasteiger partial charge on any atom is 0.241 e. The first-order valence-electron chi connectivity index (χ1n) is 6.59. The van der Waals surface area contributed by atoms with Crippen molar-refractivity contribution >= 4 is 5.91 Å². The third-order valence-corrected chi connectivity index (χ3v) is 3.30. The van der Waals surface area contributed by atoms with Crippen molar-refractivity contribution in [2.45, 2.75) is 26.3 Å². The molecule has 0 saturated carbocycles. The van der Waals surface area contributed by atoms with Crippen molar-refractivity contribution < 1.29 is 9.32 Å². The maximum atomic E-state index is 12.0. The fraction of sp³-hybridized carbons (Fsp3) is 0.333. The molecule has 0 aliphatic carbocycles. The molecule has 0 aliphatic rings. The third kappa shape index (κ3) is 3.24. The summed E-state index contributed by atoms with van der Waals surface area (Å²) in [7, 11) is 0. The summed E-state index contributed by atoms with van der Waals surface area (Å²) in [6, 6.07) is 8.68. The van der Waals surface area contributed by atoms with Gasteiger partial charge in [-0.05, 0) is 25.8 Å². The molecule has 0 spiro atoms. The molecule has 1 aromatic heterocycles. The Morgan fingerprint density at radius 3 is 2.65 bits per heavy atom. The topological polar surface area (TPSA) is 81.2 Å². The molecule has 0 aliphatic heterocycles. The second kappa shape index (κ2) is 6.34. The zero-order valence-corrected chi connectivity index (χ0v) is 11.7. The van der Waals surface area contributed by atoms with Crippen LogP contribution >= 0.6 is 0 Å². The van der Waals surface area contributed by atoms with Crippen LogP contribution in [0.25, 0.3) is 0 Å². The molecule has 5 nitrogen and oxygen atoms in total. The molecule has 0 bridgehead atoms. The predicted molar refractivity (Wildman–Crippen MR) is 76.1 cm³/mol. The van der Waals surface area contributed by atoms with Gasteiger partial charge in [0.2, 0.25) is 5.91 Å². The number of aryl methyl sites for hydroxylation is 2. The molecule has 1 unspecified atom stereocenters. The lowest BCUT2D eigenvalue weighted by Crippen LogP contribution is -2.35. The largest absolute Gasteiger partial charge is 0.361 e. The molecule has 1 amide bonds. The van der Waals surface area contributed by atoms with Gasteiger partial charge in [0.05, 0.1) is 5.69 Å². The summed E-state index contributed by atoms with van der Waals surface area (Å²) >= 11 is 0. The molecule has 106 valence electrons. The fourth-order valence-corrected chi connectivity index (χ4v) is 2.09. The number of nitrogens with zero attached hydrogens (tertiary/aromatic N) is 1. The minimum Gasteiger partial charge on any atom is -0.361 e. The number of hydrogen-bond acceptors (Lipinski definition) is 4. The number of amides is 1. The van der Waals surface area contributed by atoms with E-state index in [1.165, 1.54) is 0 Å². The molecule has 0 radical (unpaired) electrons. The van der Waals surface area contributed by atoms with Crippen LogP contribution in [-0.2, 0) is 11.2 Å². The molecule has 5 heteroatoms. The Morgan fingerprint density at radius 1 is 1.35 bits per heavy atom. The highest BCUT2D eigenvalue weighted by Crippen LogP contribution is 2.13. The van der Waals surface area contributed by atoms with Crippen molar-refractivity contribution in [3.63, 3.8) is 0 Å². The van der Waals surface area contributed by atoms with Crippen LogP contribution in [0.2, 0.25) is 0 Å². The van der Waals surface area contributed by atoms with Gasteiger partial charge >= 0.3 is 0 Å². The van der Waals surface area contributed by atoms with Crippen LogP contribution < -0.4 is 11.1 Å². The molecule has 20 heavy (non-hydrogen) atoms. The maximum absolute atomic E-state index is 12.0. The highest BCUT2D eigenvalue weighted by Gasteiger charge is 2.15. The Balaban J connectivity index is 1.87. The van der Waals surface area contributed by atoms with Crippen molar-refractivity contribution in [1.82, 2.24) is 10.5 Å². The molecule has 2 aromatic rings. The van der Waals surface area contributed by atoms with Crippen LogP contribution in [0.3, 0.4) is 0 Å². The van der Waals surface area contributed by atoms with E-state index in [0.29, 0.717) is 13.0 Å². The van der Waals surface area contributed by atoms with E-state index in [2.05, 4.69) is 10.5 Å². The van der Waals surface area contributed by atoms with Gasteiger partial charge in [0.15, 0.2) is 0 Å². The predicted octanol–water partition coefficient (Wildman–Crippen LogP) is 1.65. The second-order valence-corrected chi connectivity index (χ2v) is 4.73. The van der Waals surface area contributed by atoms with Crippen LogP contribution in [0.4, 0.5) is 0 Å². The summed E-state index contributed by atoms with van der Waals surface area (Å²) in [5, 5.41) is 6.72. The summed E-state index contributed by atoms with van der Waals surface area (Å²) in [5.74, 6) is 0.618. The summed E-state index contributed by atoms with van der Waals surface area (Å²) in [6.45, 7) is 4.28. The van der Waals surface area contributed by atoms with Crippen LogP contribution in [0, 0.1) is 13.8 Å². The summed E-state index contributed by atoms with van der Waals surface area (Å²) < 4.78 is 5.08. The minimum absolute atomic E-state index is 0.178. The minimum atomic E-state index is -0.638. The Hall–Kier alpha value is -2.14. The Bertz CT molecular complexity index is 559. The smallest absolute Gasteiger partial charge is 0.241 e. The number of aromatic nitrogens is 1. The number of benzene rings is 1. The highest BCUT2D eigenvalue weighted by atomic mass is 16.5. The molecular weight excluding hydrogens is 254 g/mol. The lowest BCUT2D eigenvalue weighted by atomic mass is 10.1. The van der Waals surface area contributed by atoms with Gasteiger partial charge in [0, 0.05) is 12.1 Å². The molecule has 1 heterocycles. The molecule has 0 saturated heterocycles. The number of hydrogen-bond donors (Lipinski definition) is 2. The Labute approximate surface area is 118 Å². The monoisotopic (exact) mass is 273 g/mol. The highest BCUT2D eigenvalue weighted by molar-refractivity contribution is 5.82. The van der Waals surface area contributed by atoms with Crippen molar-refractivity contribution in [3.05, 3.63) is 52.9 Å². The lowest BCUT2D eigenvalue weighted by Gasteiger charge is -2.12. The normalized spacial score (nSPS) is 12.2. The van der Waals surface area contributed by atoms with Crippen molar-refractivity contribution in [2.24, 2.45) is 5.73 Å². The van der Waals surface area contributed by atoms with Gasteiger partial charge in [-0.2, -0.15) is 0 Å². The standard InChI is InChI=1S/C15H19N3O2/c1-10-13(11(2)20-18-10)8-9-17-15(19)14(16)12-6-4-3-5-7-12/h3-7,14H,8-9,16H2,1-2H3,(H,17,19). The van der Waals surface area contributed by atoms with E-state index >= 15 is 0 Å². The van der Waals surface area contributed by atoms with Crippen LogP contribution in [0.5, 0.6) is 0 Å². The molecule has 3 N–H and O–H groups in total. The summed E-state index contributed by atoms with van der Waals surface area (Å²) in [4.78, 5) is 12.0. The van der Waals surface area contributed by atoms with E-state index in [-0.39, 0.29) is 5.91 Å². The zero-order chi connectivity index (χ0) is 14.5. The Kier molecular flexibility index (Phi) is 4.53. The number of carbonyl (C=O) groups excluding carboxylic acids is 1. The van der Waals surface area contributed by atoms with Gasteiger partial charge in [0.25, 0.3) is 0 Å². The van der Waals surface area contributed by atoms with E-state index in [9.17, 15) is 4.79 Å². The van der Waals surface area contributed by atoms with E-state index < -0.39 is 6.04 Å². The Morgan fingerprint density at radius 2 is 2.05 bits per heavy atom. The average Bonchev–Trinajstić information content (AvgIpc) is 2.79. The first kappa shape index (κ1) is 14.3. The van der Waals surface area contributed by atoms with Crippen molar-refractivity contribution in [3.8, 4) is 0 Å². The third-order valence-electron chi connectivity index (χ3n) is 3.30. The van der Waals surface area contributed by atoms with Crippen molar-refractivity contribution in [2.75, 3.05) is 6.54 Å². The first-order chi connectivity index (χ1) is 9.59. The summed E-state index contributed by atoms with van der Waals surface area (Å²) in [6.07, 6.45) is 0.689. The number of rotatable bonds is 5. The fourth-order valence-electron chi connectivity index (χ4n) is 2.09. The van der Waals surface area contributed by atoms with E-state index in [4.69, 9.17) is 10.3 Å². The van der Waals surface area contributed by atoms with Gasteiger partial charge in [-0.25, -0.2) is 0 Å². The average molecular weight is 273 g/mol. The van der Waals surface area contributed by atoms with Crippen molar-refractivity contribution in [1.29, 1.82) is 0 Å². The van der Waals surface area contributed by atoms with Crippen LogP contribution in [-0.4, -0.2) is 17.6 Å². The first-order valence-corrected chi connectivity index (χ1v) is 6.59. The van der Waals surface area contributed by atoms with Gasteiger partial charge in [-0.15, -0.1) is 0 Å². The van der Waals surface area contributed by atoms with Gasteiger partial charge in [0.1, 0.15) is 11.8 Å². The molecular formula is C15H19N3O2. The van der Waals surface area contributed by atoms with E-state index in [0.717, 1.165) is 22.6 Å². The quantitative estimate of drug-likeness (QED) is 0.868. The molecule has 1 atom stereocenters.